The Morgan fingerprint density at radius 2 is 2.06 bits per heavy atom. The molecule has 1 aromatic rings. The van der Waals surface area contributed by atoms with Crippen molar-refractivity contribution in [2.75, 3.05) is 0 Å². The quantitative estimate of drug-likeness (QED) is 0.819. The summed E-state index contributed by atoms with van der Waals surface area (Å²) in [6.07, 6.45) is 6.76. The van der Waals surface area contributed by atoms with Crippen LogP contribution >= 0.6 is 12.2 Å². The van der Waals surface area contributed by atoms with Gasteiger partial charge in [-0.15, -0.1) is 0 Å². The fourth-order valence-corrected chi connectivity index (χ4v) is 3.63. The molecule has 16 heavy (non-hydrogen) atoms. The molecule has 2 atom stereocenters. The summed E-state index contributed by atoms with van der Waals surface area (Å²) >= 11 is 5.30. The van der Waals surface area contributed by atoms with Crippen LogP contribution in [0.3, 0.4) is 0 Å². The Morgan fingerprint density at radius 1 is 1.38 bits per heavy atom. The second kappa shape index (κ2) is 3.99. The Kier molecular flexibility index (Phi) is 2.62. The maximum absolute atomic E-state index is 5.30. The molecule has 0 bridgehead atoms. The lowest BCUT2D eigenvalue weighted by molar-refractivity contribution is 0.480. The molecular weight excluding hydrogens is 218 g/mol. The van der Waals surface area contributed by atoms with Crippen molar-refractivity contribution in [3.8, 4) is 0 Å². The maximum Gasteiger partial charge on any atom is 0.195 e. The monoisotopic (exact) mass is 237 g/mol. The van der Waals surface area contributed by atoms with Gasteiger partial charge in [0, 0.05) is 12.5 Å². The van der Waals surface area contributed by atoms with E-state index in [2.05, 4.69) is 21.7 Å². The van der Waals surface area contributed by atoms with Gasteiger partial charge in [0.15, 0.2) is 4.77 Å². The van der Waals surface area contributed by atoms with Gasteiger partial charge >= 0.3 is 0 Å². The minimum absolute atomic E-state index is 0.710. The fraction of sp³-hybridized carbons (Fsp3) is 0.833. The summed E-state index contributed by atoms with van der Waals surface area (Å²) in [5, 5.41) is 7.44. The summed E-state index contributed by atoms with van der Waals surface area (Å²) in [7, 11) is 0. The number of hydrogen-bond acceptors (Lipinski definition) is 2. The topological polar surface area (TPSA) is 33.6 Å². The van der Waals surface area contributed by atoms with E-state index in [0.29, 0.717) is 5.92 Å². The van der Waals surface area contributed by atoms with E-state index in [1.807, 2.05) is 0 Å². The molecule has 2 aliphatic carbocycles. The second-order valence-corrected chi connectivity index (χ2v) is 5.56. The number of aromatic nitrogens is 3. The molecule has 2 saturated carbocycles. The van der Waals surface area contributed by atoms with Crippen LogP contribution in [0.5, 0.6) is 0 Å². The van der Waals surface area contributed by atoms with Crippen molar-refractivity contribution in [1.29, 1.82) is 0 Å². The van der Waals surface area contributed by atoms with Crippen LogP contribution in [-0.4, -0.2) is 14.8 Å². The van der Waals surface area contributed by atoms with Crippen molar-refractivity contribution in [3.63, 3.8) is 0 Å². The zero-order valence-corrected chi connectivity index (χ0v) is 10.6. The summed E-state index contributed by atoms with van der Waals surface area (Å²) in [4.78, 5) is 0. The summed E-state index contributed by atoms with van der Waals surface area (Å²) in [6, 6.07) is 0. The highest BCUT2D eigenvalue weighted by Gasteiger charge is 2.53. The Bertz CT molecular complexity index is 422. The summed E-state index contributed by atoms with van der Waals surface area (Å²) in [5.41, 5.74) is 0. The SMILES string of the molecule is CCCn1c(C2C3CCCCC32)n[nH]c1=S. The average Bonchev–Trinajstić information content (AvgIpc) is 2.93. The molecular formula is C12H19N3S. The van der Waals surface area contributed by atoms with E-state index < -0.39 is 0 Å². The molecule has 2 fully saturated rings. The molecule has 0 spiro atoms. The van der Waals surface area contributed by atoms with Gasteiger partial charge in [-0.05, 0) is 43.3 Å². The van der Waals surface area contributed by atoms with Crippen molar-refractivity contribution < 1.29 is 0 Å². The average molecular weight is 237 g/mol. The normalized spacial score (nSPS) is 32.4. The number of nitrogens with zero attached hydrogens (tertiary/aromatic N) is 2. The molecule has 2 aliphatic rings. The van der Waals surface area contributed by atoms with Gasteiger partial charge in [0.05, 0.1) is 0 Å². The number of aromatic amines is 1. The summed E-state index contributed by atoms with van der Waals surface area (Å²) in [6.45, 7) is 3.21. The van der Waals surface area contributed by atoms with Crippen LogP contribution in [0.2, 0.25) is 0 Å². The molecule has 4 heteroatoms. The first kappa shape index (κ1) is 10.5. The highest BCUT2D eigenvalue weighted by atomic mass is 32.1. The van der Waals surface area contributed by atoms with Crippen LogP contribution in [0.25, 0.3) is 0 Å². The number of H-pyrrole nitrogens is 1. The van der Waals surface area contributed by atoms with Crippen LogP contribution in [0.15, 0.2) is 0 Å². The van der Waals surface area contributed by atoms with E-state index in [0.717, 1.165) is 29.6 Å². The van der Waals surface area contributed by atoms with E-state index in [1.54, 1.807) is 0 Å². The molecule has 0 aromatic carbocycles. The van der Waals surface area contributed by atoms with Gasteiger partial charge in [-0.2, -0.15) is 5.10 Å². The van der Waals surface area contributed by atoms with Gasteiger partial charge < -0.3 is 4.57 Å². The van der Waals surface area contributed by atoms with E-state index in [4.69, 9.17) is 12.2 Å². The predicted octanol–water partition coefficient (Wildman–Crippen LogP) is 3.25. The largest absolute Gasteiger partial charge is 0.304 e. The van der Waals surface area contributed by atoms with Crippen LogP contribution in [-0.2, 0) is 6.54 Å². The van der Waals surface area contributed by atoms with Crippen molar-refractivity contribution in [2.45, 2.75) is 51.5 Å². The van der Waals surface area contributed by atoms with Gasteiger partial charge in [-0.3, -0.25) is 5.10 Å². The molecule has 2 unspecified atom stereocenters. The van der Waals surface area contributed by atoms with E-state index in [1.165, 1.54) is 31.5 Å². The number of rotatable bonds is 3. The first-order chi connectivity index (χ1) is 7.83. The molecule has 0 radical (unpaired) electrons. The number of fused-ring (bicyclic) bond motifs is 1. The van der Waals surface area contributed by atoms with Gasteiger partial charge in [0.1, 0.15) is 5.82 Å². The molecule has 0 amide bonds. The molecule has 3 nitrogen and oxygen atoms in total. The molecule has 1 aromatic heterocycles. The zero-order valence-electron chi connectivity index (χ0n) is 9.78. The predicted molar refractivity (Wildman–Crippen MR) is 65.9 cm³/mol. The standard InChI is InChI=1S/C12H19N3S/c1-2-7-15-11(13-14-12(15)16)10-8-5-3-4-6-9(8)10/h8-10H,2-7H2,1H3,(H,14,16). The van der Waals surface area contributed by atoms with Crippen molar-refractivity contribution in [3.05, 3.63) is 10.6 Å². The van der Waals surface area contributed by atoms with Gasteiger partial charge in [0.2, 0.25) is 0 Å². The molecule has 3 rings (SSSR count). The van der Waals surface area contributed by atoms with Gasteiger partial charge in [-0.1, -0.05) is 19.8 Å². The lowest BCUT2D eigenvalue weighted by atomic mass is 10.0. The summed E-state index contributed by atoms with van der Waals surface area (Å²) in [5.74, 6) is 3.77. The van der Waals surface area contributed by atoms with Crippen molar-refractivity contribution >= 4 is 12.2 Å². The van der Waals surface area contributed by atoms with Gasteiger partial charge in [-0.25, -0.2) is 0 Å². The van der Waals surface area contributed by atoms with Crippen molar-refractivity contribution in [2.24, 2.45) is 11.8 Å². The van der Waals surface area contributed by atoms with E-state index in [9.17, 15) is 0 Å². The minimum atomic E-state index is 0.710. The van der Waals surface area contributed by atoms with Crippen molar-refractivity contribution in [1.82, 2.24) is 14.8 Å². The smallest absolute Gasteiger partial charge is 0.195 e. The molecule has 0 saturated heterocycles. The third kappa shape index (κ3) is 1.54. The number of nitrogens with one attached hydrogen (secondary N) is 1. The lowest BCUT2D eigenvalue weighted by Crippen LogP contribution is -2.03. The second-order valence-electron chi connectivity index (χ2n) is 5.18. The first-order valence-electron chi connectivity index (χ1n) is 6.48. The van der Waals surface area contributed by atoms with E-state index in [-0.39, 0.29) is 0 Å². The molecule has 1 N–H and O–H groups in total. The number of hydrogen-bond donors (Lipinski definition) is 1. The molecule has 88 valence electrons. The lowest BCUT2D eigenvalue weighted by Gasteiger charge is -2.04. The first-order valence-corrected chi connectivity index (χ1v) is 6.89. The third-order valence-corrected chi connectivity index (χ3v) is 4.50. The van der Waals surface area contributed by atoms with Crippen LogP contribution in [0.4, 0.5) is 0 Å². The Balaban J connectivity index is 1.87. The fourth-order valence-electron chi connectivity index (χ4n) is 3.40. The van der Waals surface area contributed by atoms with Crippen LogP contribution in [0, 0.1) is 16.6 Å². The molecule has 1 heterocycles. The summed E-state index contributed by atoms with van der Waals surface area (Å²) < 4.78 is 3.03. The Hall–Kier alpha value is -0.640. The zero-order chi connectivity index (χ0) is 11.1. The van der Waals surface area contributed by atoms with Gasteiger partial charge in [0.25, 0.3) is 0 Å². The highest BCUT2D eigenvalue weighted by Crippen LogP contribution is 2.60. The van der Waals surface area contributed by atoms with E-state index >= 15 is 0 Å². The van der Waals surface area contributed by atoms with Crippen LogP contribution < -0.4 is 0 Å². The maximum atomic E-state index is 5.30. The molecule has 0 aliphatic heterocycles. The van der Waals surface area contributed by atoms with Crippen LogP contribution in [0.1, 0.15) is 50.8 Å². The Morgan fingerprint density at radius 3 is 2.69 bits per heavy atom. The Labute approximate surface area is 101 Å². The minimum Gasteiger partial charge on any atom is -0.304 e. The highest BCUT2D eigenvalue weighted by molar-refractivity contribution is 7.71. The third-order valence-electron chi connectivity index (χ3n) is 4.19.